The van der Waals surface area contributed by atoms with Crippen LogP contribution in [0.1, 0.15) is 34.6 Å². The maximum atomic E-state index is 13.0. The third-order valence-corrected chi connectivity index (χ3v) is 5.77. The molecule has 0 atom stereocenters. The molecular weight excluding hydrogens is 372 g/mol. The van der Waals surface area contributed by atoms with Gasteiger partial charge in [0, 0.05) is 38.4 Å². The minimum absolute atomic E-state index is 0.161. The number of rotatable bonds is 4. The Kier molecular flexibility index (Phi) is 5.53. The first-order valence-corrected chi connectivity index (χ1v) is 10.0. The van der Waals surface area contributed by atoms with Crippen molar-refractivity contribution >= 4 is 12.0 Å². The zero-order valence-corrected chi connectivity index (χ0v) is 16.6. The minimum Gasteiger partial charge on any atom is -0.465 e. The van der Waals surface area contributed by atoms with E-state index in [1.165, 1.54) is 4.90 Å². The lowest BCUT2D eigenvalue weighted by Crippen LogP contribution is -2.39. The highest BCUT2D eigenvalue weighted by Gasteiger charge is 2.30. The van der Waals surface area contributed by atoms with E-state index in [4.69, 9.17) is 4.74 Å². The second-order valence-electron chi connectivity index (χ2n) is 7.67. The van der Waals surface area contributed by atoms with Crippen LogP contribution in [0.4, 0.5) is 4.79 Å². The summed E-state index contributed by atoms with van der Waals surface area (Å²) < 4.78 is 7.36. The highest BCUT2D eigenvalue weighted by molar-refractivity contribution is 5.94. The van der Waals surface area contributed by atoms with E-state index in [1.807, 2.05) is 35.8 Å². The highest BCUT2D eigenvalue weighted by atomic mass is 16.5. The number of nitrogens with one attached hydrogen (secondary N) is 1. The Morgan fingerprint density at radius 2 is 2.00 bits per heavy atom. The molecule has 3 heterocycles. The molecule has 0 spiro atoms. The number of nitrogens with zero attached hydrogens (tertiary/aromatic N) is 3. The zero-order valence-electron chi connectivity index (χ0n) is 16.6. The van der Waals surface area contributed by atoms with Crippen LogP contribution in [-0.2, 0) is 17.8 Å². The van der Waals surface area contributed by atoms with Crippen LogP contribution in [0.25, 0.3) is 11.4 Å². The lowest BCUT2D eigenvalue weighted by atomic mass is 10.0. The van der Waals surface area contributed by atoms with Gasteiger partial charge in [-0.15, -0.1) is 0 Å². The van der Waals surface area contributed by atoms with Crippen molar-refractivity contribution < 1.29 is 19.4 Å². The Balaban J connectivity index is 1.64. The minimum atomic E-state index is -0.983. The van der Waals surface area contributed by atoms with E-state index in [0.29, 0.717) is 36.9 Å². The quantitative estimate of drug-likeness (QED) is 0.825. The predicted octanol–water partition coefficient (Wildman–Crippen LogP) is 2.51. The van der Waals surface area contributed by atoms with Gasteiger partial charge in [-0.05, 0) is 31.2 Å². The highest BCUT2D eigenvalue weighted by Crippen LogP contribution is 2.28. The van der Waals surface area contributed by atoms with Gasteiger partial charge < -0.3 is 24.6 Å². The molecule has 0 bridgehead atoms. The molecule has 2 aliphatic rings. The average molecular weight is 398 g/mol. The summed E-state index contributed by atoms with van der Waals surface area (Å²) in [6.07, 6.45) is 0.884. The molecule has 2 aromatic rings. The molecule has 1 fully saturated rings. The van der Waals surface area contributed by atoms with Crippen molar-refractivity contribution in [2.45, 2.75) is 32.9 Å². The van der Waals surface area contributed by atoms with E-state index in [-0.39, 0.29) is 12.5 Å². The fourth-order valence-corrected chi connectivity index (χ4v) is 4.01. The summed E-state index contributed by atoms with van der Waals surface area (Å²) in [5.41, 5.74) is 3.00. The smallest absolute Gasteiger partial charge is 0.407 e. The van der Waals surface area contributed by atoms with Gasteiger partial charge in [-0.2, -0.15) is 0 Å². The van der Waals surface area contributed by atoms with Crippen LogP contribution in [0, 0.1) is 12.8 Å². The molecule has 1 saturated heterocycles. The number of ether oxygens (including phenoxy) is 1. The summed E-state index contributed by atoms with van der Waals surface area (Å²) in [4.78, 5) is 30.5. The van der Waals surface area contributed by atoms with Gasteiger partial charge >= 0.3 is 6.09 Å². The Morgan fingerprint density at radius 3 is 2.72 bits per heavy atom. The van der Waals surface area contributed by atoms with Gasteiger partial charge in [-0.3, -0.25) is 4.79 Å². The first kappa shape index (κ1) is 19.4. The van der Waals surface area contributed by atoms with Crippen molar-refractivity contribution in [3.05, 3.63) is 41.2 Å². The molecule has 8 heteroatoms. The fraction of sp³-hybridized carbons (Fsp3) is 0.476. The molecule has 0 saturated carbocycles. The van der Waals surface area contributed by atoms with E-state index < -0.39 is 6.09 Å². The first-order valence-electron chi connectivity index (χ1n) is 10.0. The second kappa shape index (κ2) is 8.24. The molecular formula is C21H26N4O4. The lowest BCUT2D eigenvalue weighted by Gasteiger charge is -2.27. The molecule has 0 radical (unpaired) electrons. The number of fused-ring (bicyclic) bond motifs is 1. The lowest BCUT2D eigenvalue weighted by molar-refractivity contribution is 0.0641. The van der Waals surface area contributed by atoms with Gasteiger partial charge in [-0.1, -0.05) is 24.3 Å². The second-order valence-corrected chi connectivity index (χ2v) is 7.67. The van der Waals surface area contributed by atoms with Crippen molar-refractivity contribution in [2.24, 2.45) is 5.92 Å². The van der Waals surface area contributed by atoms with E-state index in [0.717, 1.165) is 43.0 Å². The maximum Gasteiger partial charge on any atom is 0.407 e. The number of amides is 2. The first-order chi connectivity index (χ1) is 14.0. The number of imidazole rings is 1. The molecule has 0 aliphatic carbocycles. The summed E-state index contributed by atoms with van der Waals surface area (Å²) in [5, 5.41) is 12.4. The van der Waals surface area contributed by atoms with Gasteiger partial charge in [0.15, 0.2) is 5.69 Å². The largest absolute Gasteiger partial charge is 0.465 e. The Morgan fingerprint density at radius 1 is 1.24 bits per heavy atom. The predicted molar refractivity (Wildman–Crippen MR) is 107 cm³/mol. The van der Waals surface area contributed by atoms with Crippen molar-refractivity contribution in [1.29, 1.82) is 0 Å². The van der Waals surface area contributed by atoms with Crippen LogP contribution in [0.3, 0.4) is 0 Å². The van der Waals surface area contributed by atoms with Gasteiger partial charge in [0.05, 0.1) is 12.2 Å². The molecule has 2 amide bonds. The molecule has 2 N–H and O–H groups in total. The van der Waals surface area contributed by atoms with Crippen LogP contribution in [0.2, 0.25) is 0 Å². The van der Waals surface area contributed by atoms with Crippen LogP contribution in [0.15, 0.2) is 24.3 Å². The van der Waals surface area contributed by atoms with Crippen molar-refractivity contribution in [3.63, 3.8) is 0 Å². The molecule has 0 unspecified atom stereocenters. The number of aryl methyl sites for hydroxylation is 1. The standard InChI is InChI=1S/C21H26N4O4/c1-14-4-2-3-5-16(14)19-23-18(17-13-24(21(27)28)8-9-25(17)19)20(26)22-12-15-6-10-29-11-7-15/h2-5,15H,6-13H2,1H3,(H,22,26)(H,27,28). The Bertz CT molecular complexity index is 917. The zero-order chi connectivity index (χ0) is 20.4. The van der Waals surface area contributed by atoms with Crippen LogP contribution in [-0.4, -0.2) is 57.9 Å². The topological polar surface area (TPSA) is 96.7 Å². The van der Waals surface area contributed by atoms with E-state index in [2.05, 4.69) is 10.3 Å². The molecule has 4 rings (SSSR count). The molecule has 1 aromatic carbocycles. The van der Waals surface area contributed by atoms with Gasteiger partial charge in [0.25, 0.3) is 5.91 Å². The monoisotopic (exact) mass is 398 g/mol. The number of hydrogen-bond acceptors (Lipinski definition) is 4. The maximum absolute atomic E-state index is 13.0. The van der Waals surface area contributed by atoms with Crippen molar-refractivity contribution in [1.82, 2.24) is 19.8 Å². The molecule has 8 nitrogen and oxygen atoms in total. The number of carbonyl (C=O) groups is 2. The van der Waals surface area contributed by atoms with E-state index in [1.54, 1.807) is 0 Å². The van der Waals surface area contributed by atoms with Crippen LogP contribution < -0.4 is 5.32 Å². The van der Waals surface area contributed by atoms with Gasteiger partial charge in [0.1, 0.15) is 5.82 Å². The van der Waals surface area contributed by atoms with E-state index in [9.17, 15) is 14.7 Å². The number of benzene rings is 1. The summed E-state index contributed by atoms with van der Waals surface area (Å²) in [6.45, 7) is 5.06. The molecule has 1 aromatic heterocycles. The fourth-order valence-electron chi connectivity index (χ4n) is 4.01. The van der Waals surface area contributed by atoms with Crippen molar-refractivity contribution in [3.8, 4) is 11.4 Å². The van der Waals surface area contributed by atoms with Crippen LogP contribution in [0.5, 0.6) is 0 Å². The SMILES string of the molecule is Cc1ccccc1-c1nc(C(=O)NCC2CCOCC2)c2n1CCN(C(=O)O)C2. The molecule has 154 valence electrons. The normalized spacial score (nSPS) is 17.1. The number of aromatic nitrogens is 2. The average Bonchev–Trinajstić information content (AvgIpc) is 3.12. The molecule has 29 heavy (non-hydrogen) atoms. The van der Waals surface area contributed by atoms with Gasteiger partial charge in [0.2, 0.25) is 0 Å². The third-order valence-electron chi connectivity index (χ3n) is 5.77. The Labute approximate surface area is 169 Å². The Hall–Kier alpha value is -2.87. The summed E-state index contributed by atoms with van der Waals surface area (Å²) in [6, 6.07) is 7.90. The number of carboxylic acid groups (broad SMARTS) is 1. The van der Waals surface area contributed by atoms with Crippen molar-refractivity contribution in [2.75, 3.05) is 26.3 Å². The van der Waals surface area contributed by atoms with Gasteiger partial charge in [-0.25, -0.2) is 9.78 Å². The number of carbonyl (C=O) groups excluding carboxylic acids is 1. The molecule has 2 aliphatic heterocycles. The number of hydrogen-bond donors (Lipinski definition) is 2. The van der Waals surface area contributed by atoms with E-state index >= 15 is 0 Å². The summed E-state index contributed by atoms with van der Waals surface area (Å²) in [7, 11) is 0. The third kappa shape index (κ3) is 3.98. The summed E-state index contributed by atoms with van der Waals surface area (Å²) >= 11 is 0. The summed E-state index contributed by atoms with van der Waals surface area (Å²) in [5.74, 6) is 0.879. The van der Waals surface area contributed by atoms with Crippen LogP contribution >= 0.6 is 0 Å².